The molecule has 2 rings (SSSR count). The number of hydrogen-bond acceptors (Lipinski definition) is 1. The predicted octanol–water partition coefficient (Wildman–Crippen LogP) is 4.58. The van der Waals surface area contributed by atoms with Crippen molar-refractivity contribution < 1.29 is 0 Å². The number of aryl methyl sites for hydroxylation is 2. The molecule has 0 bridgehead atoms. The minimum Gasteiger partial charge on any atom is -0.359 e. The Labute approximate surface area is 105 Å². The Morgan fingerprint density at radius 1 is 1.24 bits per heavy atom. The summed E-state index contributed by atoms with van der Waals surface area (Å²) in [4.78, 5) is 0. The van der Waals surface area contributed by atoms with Gasteiger partial charge in [0.05, 0.1) is 0 Å². The van der Waals surface area contributed by atoms with Crippen LogP contribution >= 0.6 is 0 Å². The summed E-state index contributed by atoms with van der Waals surface area (Å²) in [5.74, 6) is 0.629. The maximum absolute atomic E-state index is 4.18. The van der Waals surface area contributed by atoms with Crippen LogP contribution in [-0.2, 0) is 0 Å². The van der Waals surface area contributed by atoms with Gasteiger partial charge in [-0.25, -0.2) is 0 Å². The molecule has 1 heteroatoms. The van der Waals surface area contributed by atoms with Crippen molar-refractivity contribution in [2.75, 3.05) is 5.32 Å². The van der Waals surface area contributed by atoms with E-state index in [9.17, 15) is 0 Å². The smallest absolute Gasteiger partial charge is 0.0387 e. The van der Waals surface area contributed by atoms with Gasteiger partial charge in [-0.1, -0.05) is 20.4 Å². The van der Waals surface area contributed by atoms with Crippen molar-refractivity contribution in [3.8, 4) is 0 Å². The molecule has 1 N–H and O–H groups in total. The average molecular weight is 229 g/mol. The van der Waals surface area contributed by atoms with Crippen LogP contribution in [0.2, 0.25) is 0 Å². The fourth-order valence-electron chi connectivity index (χ4n) is 2.44. The van der Waals surface area contributed by atoms with Gasteiger partial charge in [0.1, 0.15) is 0 Å². The summed E-state index contributed by atoms with van der Waals surface area (Å²) in [6.45, 7) is 15.3. The lowest BCUT2D eigenvalue weighted by Crippen LogP contribution is -2.04. The number of nitrogens with one attached hydrogen (secondary N) is 1. The maximum Gasteiger partial charge on any atom is 0.0387 e. The van der Waals surface area contributed by atoms with Crippen molar-refractivity contribution in [1.82, 2.24) is 0 Å². The van der Waals surface area contributed by atoms with Gasteiger partial charge in [-0.3, -0.25) is 0 Å². The summed E-state index contributed by atoms with van der Waals surface area (Å²) in [5, 5.41) is 3.47. The molecule has 17 heavy (non-hydrogen) atoms. The van der Waals surface area contributed by atoms with Gasteiger partial charge in [-0.2, -0.15) is 0 Å². The number of anilines is 1. The van der Waals surface area contributed by atoms with E-state index < -0.39 is 0 Å². The summed E-state index contributed by atoms with van der Waals surface area (Å²) >= 11 is 0. The van der Waals surface area contributed by atoms with E-state index in [0.29, 0.717) is 11.3 Å². The van der Waals surface area contributed by atoms with Gasteiger partial charge in [0.15, 0.2) is 0 Å². The van der Waals surface area contributed by atoms with Gasteiger partial charge < -0.3 is 5.32 Å². The standard InChI is InChI=1S/C16H23N/c1-10-7-14(8-11(2)12(10)3)17-13(4)15-9-16(15,5)6/h7-8,15,17H,4,9H2,1-3,5-6H3. The van der Waals surface area contributed by atoms with Crippen molar-refractivity contribution in [1.29, 1.82) is 0 Å². The minimum absolute atomic E-state index is 0.443. The molecule has 1 aromatic carbocycles. The summed E-state index contributed by atoms with van der Waals surface area (Å²) in [5.41, 5.74) is 6.85. The van der Waals surface area contributed by atoms with Gasteiger partial charge in [0, 0.05) is 17.3 Å². The molecule has 0 saturated heterocycles. The molecular weight excluding hydrogens is 206 g/mol. The van der Waals surface area contributed by atoms with E-state index in [2.05, 4.69) is 58.6 Å². The topological polar surface area (TPSA) is 12.0 Å². The van der Waals surface area contributed by atoms with Crippen molar-refractivity contribution in [2.24, 2.45) is 11.3 Å². The number of allylic oxidation sites excluding steroid dienone is 1. The third kappa shape index (κ3) is 2.38. The van der Waals surface area contributed by atoms with Crippen LogP contribution in [0.1, 0.15) is 37.0 Å². The first kappa shape index (κ1) is 12.2. The van der Waals surface area contributed by atoms with Gasteiger partial charge in [-0.05, 0) is 61.4 Å². The van der Waals surface area contributed by atoms with Crippen LogP contribution in [0.3, 0.4) is 0 Å². The first-order chi connectivity index (χ1) is 7.81. The molecule has 0 heterocycles. The molecule has 0 aromatic heterocycles. The van der Waals surface area contributed by atoms with Crippen LogP contribution in [0.4, 0.5) is 5.69 Å². The lowest BCUT2D eigenvalue weighted by atomic mass is 10.0. The first-order valence-electron chi connectivity index (χ1n) is 6.35. The minimum atomic E-state index is 0.443. The van der Waals surface area contributed by atoms with E-state index >= 15 is 0 Å². The third-order valence-corrected chi connectivity index (χ3v) is 4.17. The second kappa shape index (κ2) is 3.90. The lowest BCUT2D eigenvalue weighted by Gasteiger charge is -2.14. The SMILES string of the molecule is C=C(Nc1cc(C)c(C)c(C)c1)C1CC1(C)C. The highest BCUT2D eigenvalue weighted by molar-refractivity contribution is 5.55. The van der Waals surface area contributed by atoms with E-state index in [1.807, 2.05) is 0 Å². The molecule has 1 unspecified atom stereocenters. The Hall–Kier alpha value is -1.24. The van der Waals surface area contributed by atoms with E-state index in [4.69, 9.17) is 0 Å². The molecule has 0 spiro atoms. The molecule has 1 aliphatic carbocycles. The van der Waals surface area contributed by atoms with Crippen molar-refractivity contribution in [3.05, 3.63) is 41.1 Å². The number of benzene rings is 1. The zero-order valence-corrected chi connectivity index (χ0v) is 11.6. The summed E-state index contributed by atoms with van der Waals surface area (Å²) in [7, 11) is 0. The quantitative estimate of drug-likeness (QED) is 0.799. The van der Waals surface area contributed by atoms with Crippen LogP contribution in [-0.4, -0.2) is 0 Å². The van der Waals surface area contributed by atoms with Crippen LogP contribution < -0.4 is 5.32 Å². The highest BCUT2D eigenvalue weighted by atomic mass is 14.9. The molecular formula is C16H23N. The Balaban J connectivity index is 2.12. The molecule has 1 atom stereocenters. The zero-order chi connectivity index (χ0) is 12.8. The van der Waals surface area contributed by atoms with Crippen LogP contribution in [0.5, 0.6) is 0 Å². The second-order valence-electron chi connectivity index (χ2n) is 6.13. The summed E-state index contributed by atoms with van der Waals surface area (Å²) in [6, 6.07) is 4.42. The third-order valence-electron chi connectivity index (χ3n) is 4.17. The average Bonchev–Trinajstić information content (AvgIpc) is 2.84. The molecule has 1 aliphatic rings. The normalized spacial score (nSPS) is 21.1. The highest BCUT2D eigenvalue weighted by Gasteiger charge is 2.47. The molecule has 0 amide bonds. The maximum atomic E-state index is 4.18. The summed E-state index contributed by atoms with van der Waals surface area (Å²) < 4.78 is 0. The Morgan fingerprint density at radius 2 is 1.71 bits per heavy atom. The molecule has 0 radical (unpaired) electrons. The van der Waals surface area contributed by atoms with Crippen molar-refractivity contribution in [2.45, 2.75) is 41.0 Å². The van der Waals surface area contributed by atoms with E-state index in [1.165, 1.54) is 28.8 Å². The second-order valence-corrected chi connectivity index (χ2v) is 6.13. The van der Waals surface area contributed by atoms with Crippen molar-refractivity contribution >= 4 is 5.69 Å². The van der Waals surface area contributed by atoms with Gasteiger partial charge in [0.25, 0.3) is 0 Å². The van der Waals surface area contributed by atoms with Crippen LogP contribution in [0, 0.1) is 32.1 Å². The monoisotopic (exact) mass is 229 g/mol. The molecule has 1 aromatic rings. The molecule has 1 fully saturated rings. The van der Waals surface area contributed by atoms with E-state index in [-0.39, 0.29) is 0 Å². The fourth-order valence-corrected chi connectivity index (χ4v) is 2.44. The number of hydrogen-bond donors (Lipinski definition) is 1. The van der Waals surface area contributed by atoms with Gasteiger partial charge in [-0.15, -0.1) is 0 Å². The van der Waals surface area contributed by atoms with E-state index in [1.54, 1.807) is 0 Å². The molecule has 0 aliphatic heterocycles. The molecule has 92 valence electrons. The van der Waals surface area contributed by atoms with E-state index in [0.717, 1.165) is 5.70 Å². The van der Waals surface area contributed by atoms with Gasteiger partial charge in [0.2, 0.25) is 0 Å². The summed E-state index contributed by atoms with van der Waals surface area (Å²) in [6.07, 6.45) is 1.25. The van der Waals surface area contributed by atoms with Crippen LogP contribution in [0.25, 0.3) is 0 Å². The lowest BCUT2D eigenvalue weighted by molar-refractivity contribution is 0.599. The largest absolute Gasteiger partial charge is 0.359 e. The van der Waals surface area contributed by atoms with Crippen molar-refractivity contribution in [3.63, 3.8) is 0 Å². The number of rotatable bonds is 3. The Bertz CT molecular complexity index is 445. The highest BCUT2D eigenvalue weighted by Crippen LogP contribution is 2.55. The fraction of sp³-hybridized carbons (Fsp3) is 0.500. The Kier molecular flexibility index (Phi) is 2.81. The van der Waals surface area contributed by atoms with Crippen LogP contribution in [0.15, 0.2) is 24.4 Å². The molecule has 1 nitrogen and oxygen atoms in total. The zero-order valence-electron chi connectivity index (χ0n) is 11.6. The van der Waals surface area contributed by atoms with Gasteiger partial charge >= 0.3 is 0 Å². The Morgan fingerprint density at radius 3 is 2.12 bits per heavy atom. The molecule has 1 saturated carbocycles. The first-order valence-corrected chi connectivity index (χ1v) is 6.35. The predicted molar refractivity (Wildman–Crippen MR) is 75.3 cm³/mol.